The van der Waals surface area contributed by atoms with Crippen molar-refractivity contribution in [2.75, 3.05) is 0 Å². The van der Waals surface area contributed by atoms with E-state index >= 15 is 0 Å². The Morgan fingerprint density at radius 1 is 1.41 bits per heavy atom. The van der Waals surface area contributed by atoms with E-state index in [2.05, 4.69) is 4.98 Å². The Hall–Kier alpha value is -0.885. The van der Waals surface area contributed by atoms with Crippen molar-refractivity contribution in [1.29, 1.82) is 0 Å². The summed E-state index contributed by atoms with van der Waals surface area (Å²) in [6.07, 6.45) is 1.72. The van der Waals surface area contributed by atoms with E-state index < -0.39 is 12.9 Å². The number of thiazole rings is 1. The quantitative estimate of drug-likeness (QED) is 0.648. The second-order valence-corrected chi connectivity index (χ2v) is 5.43. The molecule has 0 atom stereocenters. The van der Waals surface area contributed by atoms with E-state index in [0.29, 0.717) is 5.75 Å². The van der Waals surface area contributed by atoms with Gasteiger partial charge < -0.3 is 10.0 Å². The van der Waals surface area contributed by atoms with Crippen LogP contribution in [0.4, 0.5) is 4.39 Å². The van der Waals surface area contributed by atoms with Gasteiger partial charge in [0.1, 0.15) is 10.2 Å². The zero-order chi connectivity index (χ0) is 12.3. The van der Waals surface area contributed by atoms with Gasteiger partial charge in [0.25, 0.3) is 0 Å². The van der Waals surface area contributed by atoms with Gasteiger partial charge in [-0.25, -0.2) is 9.37 Å². The Bertz CT molecular complexity index is 493. The Morgan fingerprint density at radius 3 is 2.88 bits per heavy atom. The van der Waals surface area contributed by atoms with Crippen molar-refractivity contribution in [3.8, 4) is 0 Å². The maximum absolute atomic E-state index is 13.2. The molecule has 0 amide bonds. The van der Waals surface area contributed by atoms with Crippen molar-refractivity contribution in [2.45, 2.75) is 10.1 Å². The number of nitrogens with zero attached hydrogens (tertiary/aromatic N) is 1. The third kappa shape index (κ3) is 3.29. The van der Waals surface area contributed by atoms with Gasteiger partial charge in [0.2, 0.25) is 0 Å². The maximum atomic E-state index is 13.2. The molecule has 2 aromatic rings. The molecule has 1 aromatic heterocycles. The van der Waals surface area contributed by atoms with Crippen molar-refractivity contribution in [3.05, 3.63) is 41.2 Å². The highest BCUT2D eigenvalue weighted by atomic mass is 32.2. The number of halogens is 1. The topological polar surface area (TPSA) is 53.4 Å². The maximum Gasteiger partial charge on any atom is 0.491 e. The molecule has 2 rings (SSSR count). The number of benzene rings is 1. The molecule has 0 bridgehead atoms. The van der Waals surface area contributed by atoms with Gasteiger partial charge in [-0.1, -0.05) is 23.9 Å². The lowest BCUT2D eigenvalue weighted by Crippen LogP contribution is -2.32. The van der Waals surface area contributed by atoms with Crippen LogP contribution in [-0.4, -0.2) is 22.2 Å². The lowest BCUT2D eigenvalue weighted by molar-refractivity contribution is 0.423. The normalized spacial score (nSPS) is 10.5. The van der Waals surface area contributed by atoms with E-state index in [0.717, 1.165) is 9.90 Å². The largest absolute Gasteiger partial charge is 0.491 e. The average Bonchev–Trinajstić information content (AvgIpc) is 2.80. The van der Waals surface area contributed by atoms with Crippen LogP contribution in [0.1, 0.15) is 5.56 Å². The summed E-state index contributed by atoms with van der Waals surface area (Å²) in [5, 5.41) is 19.8. The zero-order valence-electron chi connectivity index (χ0n) is 8.71. The number of aromatic nitrogens is 1. The highest BCUT2D eigenvalue weighted by Crippen LogP contribution is 2.24. The lowest BCUT2D eigenvalue weighted by Gasteiger charge is -2.05. The average molecular weight is 269 g/mol. The highest BCUT2D eigenvalue weighted by molar-refractivity contribution is 8.00. The van der Waals surface area contributed by atoms with Crippen LogP contribution in [0.3, 0.4) is 0 Å². The van der Waals surface area contributed by atoms with Crippen molar-refractivity contribution >= 4 is 35.7 Å². The fourth-order valence-electron chi connectivity index (χ4n) is 1.31. The van der Waals surface area contributed by atoms with Crippen LogP contribution >= 0.6 is 23.1 Å². The predicted molar refractivity (Wildman–Crippen MR) is 67.9 cm³/mol. The number of thioether (sulfide) groups is 1. The molecule has 3 nitrogen and oxygen atoms in total. The number of rotatable bonds is 4. The summed E-state index contributed by atoms with van der Waals surface area (Å²) >= 11 is 3.06. The van der Waals surface area contributed by atoms with Crippen LogP contribution < -0.4 is 5.46 Å². The minimum absolute atomic E-state index is 0.0951. The molecule has 1 aromatic carbocycles. The van der Waals surface area contributed by atoms with E-state index in [9.17, 15) is 4.39 Å². The summed E-state index contributed by atoms with van der Waals surface area (Å²) in [5.74, 6) is 0.0102. The van der Waals surface area contributed by atoms with Gasteiger partial charge in [0.15, 0.2) is 0 Å². The van der Waals surface area contributed by atoms with Gasteiger partial charge in [0, 0.05) is 22.8 Å². The molecule has 0 aliphatic carbocycles. The van der Waals surface area contributed by atoms with Gasteiger partial charge in [-0.05, 0) is 11.6 Å². The first kappa shape index (κ1) is 12.6. The molecular weight excluding hydrogens is 260 g/mol. The molecule has 0 aliphatic heterocycles. The first-order valence-electron chi connectivity index (χ1n) is 4.83. The third-order valence-electron chi connectivity index (χ3n) is 2.11. The van der Waals surface area contributed by atoms with Gasteiger partial charge in [0.05, 0.1) is 0 Å². The van der Waals surface area contributed by atoms with Crippen LogP contribution in [0.15, 0.2) is 34.1 Å². The molecule has 7 heteroatoms. The number of hydrogen-bond donors (Lipinski definition) is 2. The van der Waals surface area contributed by atoms with Crippen LogP contribution in [0, 0.1) is 5.82 Å². The van der Waals surface area contributed by atoms with Crippen LogP contribution in [0.2, 0.25) is 0 Å². The van der Waals surface area contributed by atoms with E-state index in [1.54, 1.807) is 12.3 Å². The number of hydrogen-bond acceptors (Lipinski definition) is 5. The van der Waals surface area contributed by atoms with Gasteiger partial charge >= 0.3 is 7.12 Å². The van der Waals surface area contributed by atoms with Crippen molar-refractivity contribution in [3.63, 3.8) is 0 Å². The second-order valence-electron chi connectivity index (χ2n) is 3.32. The first-order valence-corrected chi connectivity index (χ1v) is 6.70. The summed E-state index contributed by atoms with van der Waals surface area (Å²) < 4.78 is 14.1. The molecule has 0 unspecified atom stereocenters. The van der Waals surface area contributed by atoms with Crippen LogP contribution in [0.25, 0.3) is 0 Å². The van der Waals surface area contributed by atoms with Gasteiger partial charge in [-0.15, -0.1) is 11.3 Å². The standard InChI is InChI=1S/C10H9BFNO2S2/c12-9-2-1-7(5-8(9)11(14)15)6-17-10-13-3-4-16-10/h1-5,14-15H,6H2. The third-order valence-corrected chi connectivity index (χ3v) is 4.15. The molecular formula is C10H9BFNO2S2. The molecule has 1 heterocycles. The molecule has 0 aliphatic rings. The van der Waals surface area contributed by atoms with Crippen molar-refractivity contribution in [1.82, 2.24) is 4.98 Å². The zero-order valence-corrected chi connectivity index (χ0v) is 10.3. The van der Waals surface area contributed by atoms with E-state index in [1.165, 1.54) is 35.2 Å². The Kier molecular flexibility index (Phi) is 4.17. The fraction of sp³-hybridized carbons (Fsp3) is 0.100. The molecule has 2 N–H and O–H groups in total. The molecule has 0 radical (unpaired) electrons. The summed E-state index contributed by atoms with van der Waals surface area (Å²) in [6.45, 7) is 0. The summed E-state index contributed by atoms with van der Waals surface area (Å²) in [7, 11) is -1.78. The van der Waals surface area contributed by atoms with Crippen LogP contribution in [-0.2, 0) is 5.75 Å². The summed E-state index contributed by atoms with van der Waals surface area (Å²) in [4.78, 5) is 4.12. The Balaban J connectivity index is 2.09. The smallest absolute Gasteiger partial charge is 0.423 e. The van der Waals surface area contributed by atoms with Gasteiger partial charge in [-0.2, -0.15) is 0 Å². The molecule has 88 valence electrons. The van der Waals surface area contributed by atoms with Gasteiger partial charge in [-0.3, -0.25) is 0 Å². The predicted octanol–water partition coefficient (Wildman–Crippen LogP) is 1.25. The highest BCUT2D eigenvalue weighted by Gasteiger charge is 2.16. The van der Waals surface area contributed by atoms with Crippen molar-refractivity contribution < 1.29 is 14.4 Å². The monoisotopic (exact) mass is 269 g/mol. The molecule has 0 saturated carbocycles. The minimum atomic E-state index is -1.78. The summed E-state index contributed by atoms with van der Waals surface area (Å²) in [5.41, 5.74) is 0.733. The Morgan fingerprint density at radius 2 is 2.24 bits per heavy atom. The molecule has 17 heavy (non-hydrogen) atoms. The van der Waals surface area contributed by atoms with Crippen molar-refractivity contribution in [2.24, 2.45) is 0 Å². The van der Waals surface area contributed by atoms with E-state index in [1.807, 2.05) is 5.38 Å². The van der Waals surface area contributed by atoms with E-state index in [4.69, 9.17) is 10.0 Å². The van der Waals surface area contributed by atoms with E-state index in [-0.39, 0.29) is 5.46 Å². The molecule has 0 spiro atoms. The fourth-order valence-corrected chi connectivity index (χ4v) is 2.89. The molecule has 0 saturated heterocycles. The second kappa shape index (κ2) is 5.64. The minimum Gasteiger partial charge on any atom is -0.423 e. The lowest BCUT2D eigenvalue weighted by atomic mass is 9.79. The molecule has 0 fully saturated rings. The first-order chi connectivity index (χ1) is 8.16. The summed E-state index contributed by atoms with van der Waals surface area (Å²) in [6, 6.07) is 4.33. The Labute approximate surface area is 106 Å². The SMILES string of the molecule is OB(O)c1cc(CSc2nccs2)ccc1F. The van der Waals surface area contributed by atoms with Crippen LogP contribution in [0.5, 0.6) is 0 Å².